The number of ether oxygens (including phenoxy) is 3. The largest absolute Gasteiger partial charge is 0.497 e. The van der Waals surface area contributed by atoms with Gasteiger partial charge in [0.2, 0.25) is 0 Å². The van der Waals surface area contributed by atoms with E-state index in [0.29, 0.717) is 22.9 Å². The number of hydrogen-bond acceptors (Lipinski definition) is 5. The van der Waals surface area contributed by atoms with E-state index in [9.17, 15) is 8.42 Å². The third-order valence-corrected chi connectivity index (χ3v) is 5.41. The van der Waals surface area contributed by atoms with Gasteiger partial charge in [-0.25, -0.2) is 8.42 Å². The number of methoxy groups -OCH3 is 3. The van der Waals surface area contributed by atoms with E-state index in [0.717, 1.165) is 0 Å². The van der Waals surface area contributed by atoms with Crippen LogP contribution in [0.1, 0.15) is 0 Å². The molecule has 6 nitrogen and oxygen atoms in total. The van der Waals surface area contributed by atoms with Crippen LogP contribution in [0.4, 0.5) is 5.69 Å². The van der Waals surface area contributed by atoms with E-state index in [1.165, 1.54) is 43.8 Å². The zero-order valence-corrected chi connectivity index (χ0v) is 15.2. The first-order chi connectivity index (χ1) is 12.0. The third kappa shape index (κ3) is 3.88. The van der Waals surface area contributed by atoms with Crippen LogP contribution in [0.15, 0.2) is 60.0 Å². The van der Waals surface area contributed by atoms with Crippen LogP contribution >= 0.6 is 0 Å². The molecule has 0 unspecified atom stereocenters. The number of hydrogen-bond donors (Lipinski definition) is 0. The molecule has 2 aromatic carbocycles. The Bertz CT molecular complexity index is 831. The molecular formula is C18H21NO5S. The molecule has 0 heterocycles. The van der Waals surface area contributed by atoms with Gasteiger partial charge in [-0.15, -0.1) is 6.58 Å². The fourth-order valence-electron chi connectivity index (χ4n) is 2.31. The Labute approximate surface area is 148 Å². The first-order valence-corrected chi connectivity index (χ1v) is 8.91. The van der Waals surface area contributed by atoms with Gasteiger partial charge in [0, 0.05) is 6.07 Å². The summed E-state index contributed by atoms with van der Waals surface area (Å²) < 4.78 is 42.9. The van der Waals surface area contributed by atoms with E-state index in [1.807, 2.05) is 0 Å². The van der Waals surface area contributed by atoms with E-state index in [2.05, 4.69) is 6.58 Å². The van der Waals surface area contributed by atoms with Gasteiger partial charge in [-0.1, -0.05) is 6.08 Å². The standard InChI is InChI=1S/C18H21NO5S/c1-5-12-19(14-6-11-17(23-3)18(13-14)24-4)25(20,21)16-9-7-15(22-2)8-10-16/h5-11,13H,1,12H2,2-4H3. The molecule has 0 saturated heterocycles. The average molecular weight is 363 g/mol. The molecular weight excluding hydrogens is 342 g/mol. The molecule has 25 heavy (non-hydrogen) atoms. The monoisotopic (exact) mass is 363 g/mol. The number of benzene rings is 2. The highest BCUT2D eigenvalue weighted by atomic mass is 32.2. The van der Waals surface area contributed by atoms with Crippen molar-refractivity contribution in [3.63, 3.8) is 0 Å². The van der Waals surface area contributed by atoms with E-state index in [-0.39, 0.29) is 11.4 Å². The minimum absolute atomic E-state index is 0.115. The van der Waals surface area contributed by atoms with Crippen LogP contribution in [-0.2, 0) is 10.0 Å². The predicted molar refractivity (Wildman–Crippen MR) is 97.3 cm³/mol. The number of nitrogens with zero attached hydrogens (tertiary/aromatic N) is 1. The Kier molecular flexibility index (Phi) is 5.93. The molecule has 0 fully saturated rings. The SMILES string of the molecule is C=CCN(c1ccc(OC)c(OC)c1)S(=O)(=O)c1ccc(OC)cc1. The van der Waals surface area contributed by atoms with Crippen LogP contribution < -0.4 is 18.5 Å². The summed E-state index contributed by atoms with van der Waals surface area (Å²) in [6.07, 6.45) is 1.53. The second kappa shape index (κ2) is 7.94. The van der Waals surface area contributed by atoms with Gasteiger partial charge in [0.05, 0.1) is 38.5 Å². The molecule has 0 aromatic heterocycles. The van der Waals surface area contributed by atoms with Crippen LogP contribution in [0, 0.1) is 0 Å². The molecule has 0 atom stereocenters. The maximum atomic E-state index is 13.0. The first-order valence-electron chi connectivity index (χ1n) is 7.47. The molecule has 0 N–H and O–H groups in total. The fraction of sp³-hybridized carbons (Fsp3) is 0.222. The Morgan fingerprint density at radius 3 is 2.12 bits per heavy atom. The predicted octanol–water partition coefficient (Wildman–Crippen LogP) is 3.09. The second-order valence-corrected chi connectivity index (χ2v) is 6.90. The topological polar surface area (TPSA) is 65.1 Å². The van der Waals surface area contributed by atoms with Crippen LogP contribution in [-0.4, -0.2) is 36.3 Å². The summed E-state index contributed by atoms with van der Waals surface area (Å²) in [5.74, 6) is 1.55. The van der Waals surface area contributed by atoms with Gasteiger partial charge >= 0.3 is 0 Å². The molecule has 0 amide bonds. The molecule has 134 valence electrons. The quantitative estimate of drug-likeness (QED) is 0.674. The summed E-state index contributed by atoms with van der Waals surface area (Å²) in [5.41, 5.74) is 0.452. The Morgan fingerprint density at radius 1 is 0.960 bits per heavy atom. The van der Waals surface area contributed by atoms with Gasteiger partial charge in [-0.3, -0.25) is 4.31 Å². The van der Waals surface area contributed by atoms with Crippen LogP contribution in [0.3, 0.4) is 0 Å². The van der Waals surface area contributed by atoms with Gasteiger partial charge in [0.25, 0.3) is 10.0 Å². The molecule has 0 radical (unpaired) electrons. The highest BCUT2D eigenvalue weighted by Crippen LogP contribution is 2.33. The zero-order valence-electron chi connectivity index (χ0n) is 14.4. The zero-order chi connectivity index (χ0) is 18.4. The minimum Gasteiger partial charge on any atom is -0.497 e. The van der Waals surface area contributed by atoms with Crippen LogP contribution in [0.2, 0.25) is 0 Å². The van der Waals surface area contributed by atoms with Crippen molar-refractivity contribution < 1.29 is 22.6 Å². The third-order valence-electron chi connectivity index (χ3n) is 3.60. The second-order valence-electron chi connectivity index (χ2n) is 5.04. The van der Waals surface area contributed by atoms with Crippen molar-refractivity contribution in [2.75, 3.05) is 32.2 Å². The maximum Gasteiger partial charge on any atom is 0.264 e. The van der Waals surface area contributed by atoms with Gasteiger partial charge in [0.15, 0.2) is 11.5 Å². The van der Waals surface area contributed by atoms with E-state index in [1.54, 1.807) is 30.3 Å². The summed E-state index contributed by atoms with van der Waals surface area (Å²) >= 11 is 0. The van der Waals surface area contributed by atoms with Crippen LogP contribution in [0.25, 0.3) is 0 Å². The lowest BCUT2D eigenvalue weighted by Gasteiger charge is -2.24. The lowest BCUT2D eigenvalue weighted by molar-refractivity contribution is 0.355. The molecule has 2 rings (SSSR count). The molecule has 0 aliphatic carbocycles. The maximum absolute atomic E-state index is 13.0. The van der Waals surface area contributed by atoms with Gasteiger partial charge in [-0.05, 0) is 36.4 Å². The average Bonchev–Trinajstić information content (AvgIpc) is 2.65. The van der Waals surface area contributed by atoms with Gasteiger partial charge in [0.1, 0.15) is 5.75 Å². The molecule has 0 saturated carbocycles. The van der Waals surface area contributed by atoms with E-state index < -0.39 is 10.0 Å². The van der Waals surface area contributed by atoms with Crippen molar-refractivity contribution in [3.05, 3.63) is 55.1 Å². The summed E-state index contributed by atoms with van der Waals surface area (Å²) in [5, 5.41) is 0. The van der Waals surface area contributed by atoms with Gasteiger partial charge < -0.3 is 14.2 Å². The minimum atomic E-state index is -3.78. The lowest BCUT2D eigenvalue weighted by atomic mass is 10.2. The Balaban J connectivity index is 2.50. The van der Waals surface area contributed by atoms with E-state index >= 15 is 0 Å². The molecule has 0 aliphatic heterocycles. The Hall–Kier alpha value is -2.67. The normalized spacial score (nSPS) is 10.8. The molecule has 7 heteroatoms. The lowest BCUT2D eigenvalue weighted by Crippen LogP contribution is -2.31. The highest BCUT2D eigenvalue weighted by Gasteiger charge is 2.25. The fourth-order valence-corrected chi connectivity index (χ4v) is 3.74. The number of rotatable bonds is 8. The molecule has 0 aliphatic rings. The van der Waals surface area contributed by atoms with Crippen molar-refractivity contribution in [1.29, 1.82) is 0 Å². The molecule has 2 aromatic rings. The smallest absolute Gasteiger partial charge is 0.264 e. The molecule has 0 bridgehead atoms. The van der Waals surface area contributed by atoms with E-state index in [4.69, 9.17) is 14.2 Å². The number of sulfonamides is 1. The Morgan fingerprint density at radius 2 is 1.60 bits per heavy atom. The van der Waals surface area contributed by atoms with Crippen molar-refractivity contribution >= 4 is 15.7 Å². The van der Waals surface area contributed by atoms with Crippen molar-refractivity contribution in [1.82, 2.24) is 0 Å². The van der Waals surface area contributed by atoms with Crippen molar-refractivity contribution in [2.45, 2.75) is 4.90 Å². The first kappa shape index (κ1) is 18.7. The van der Waals surface area contributed by atoms with Crippen molar-refractivity contribution in [2.24, 2.45) is 0 Å². The summed E-state index contributed by atoms with van der Waals surface area (Å²) in [7, 11) is 0.768. The summed E-state index contributed by atoms with van der Waals surface area (Å²) in [6.45, 7) is 3.77. The number of anilines is 1. The van der Waals surface area contributed by atoms with Gasteiger partial charge in [-0.2, -0.15) is 0 Å². The van der Waals surface area contributed by atoms with Crippen molar-refractivity contribution in [3.8, 4) is 17.2 Å². The highest BCUT2D eigenvalue weighted by molar-refractivity contribution is 7.92. The summed E-state index contributed by atoms with van der Waals surface area (Å²) in [4.78, 5) is 0.157. The molecule has 0 spiro atoms. The summed E-state index contributed by atoms with van der Waals surface area (Å²) in [6, 6.07) is 11.2. The van der Waals surface area contributed by atoms with Crippen LogP contribution in [0.5, 0.6) is 17.2 Å².